The van der Waals surface area contributed by atoms with E-state index in [1.807, 2.05) is 0 Å². The number of nitrogens with two attached hydrogens (primary N) is 1. The van der Waals surface area contributed by atoms with E-state index in [0.717, 1.165) is 12.1 Å². The first-order chi connectivity index (χ1) is 11.3. The van der Waals surface area contributed by atoms with Crippen LogP contribution in [-0.2, 0) is 6.42 Å². The van der Waals surface area contributed by atoms with Gasteiger partial charge < -0.3 is 5.73 Å². The van der Waals surface area contributed by atoms with Gasteiger partial charge in [-0.15, -0.1) is 0 Å². The Balaban J connectivity index is 1.66. The Morgan fingerprint density at radius 1 is 0.696 bits per heavy atom. The van der Waals surface area contributed by atoms with Crippen LogP contribution in [0.4, 0.5) is 5.69 Å². The van der Waals surface area contributed by atoms with Gasteiger partial charge in [0.05, 0.1) is 0 Å². The number of benzene rings is 2. The van der Waals surface area contributed by atoms with E-state index in [1.165, 1.54) is 80.5 Å². The molecule has 1 nitrogen and oxygen atoms in total. The highest BCUT2D eigenvalue weighted by atomic mass is 14.6. The average molecular weight is 312 g/mol. The summed E-state index contributed by atoms with van der Waals surface area (Å²) in [7, 11) is 0. The van der Waals surface area contributed by atoms with E-state index in [9.17, 15) is 0 Å². The smallest absolute Gasteiger partial charge is 0.0353 e. The summed E-state index contributed by atoms with van der Waals surface area (Å²) in [6.07, 6.45) is 14.9. The molecule has 0 aliphatic carbocycles. The largest absolute Gasteiger partial charge is 0.398 e. The molecule has 0 unspecified atom stereocenters. The molecule has 2 aromatic rings. The molecule has 0 amide bonds. The zero-order chi connectivity index (χ0) is 16.3. The van der Waals surface area contributed by atoms with Crippen molar-refractivity contribution < 1.29 is 0 Å². The van der Waals surface area contributed by atoms with Gasteiger partial charge in [-0.25, -0.2) is 0 Å². The van der Waals surface area contributed by atoms with E-state index in [4.69, 9.17) is 5.73 Å². The third-order valence-corrected chi connectivity index (χ3v) is 4.86. The van der Waals surface area contributed by atoms with E-state index in [0.29, 0.717) is 0 Å². The molecular weight excluding hydrogens is 278 g/mol. The van der Waals surface area contributed by atoms with Gasteiger partial charge in [0.15, 0.2) is 0 Å². The first-order valence-electron chi connectivity index (χ1n) is 9.59. The maximum Gasteiger partial charge on any atom is 0.0353 e. The predicted octanol–water partition coefficient (Wildman–Crippen LogP) is 6.89. The van der Waals surface area contributed by atoms with Gasteiger partial charge in [0.1, 0.15) is 0 Å². The van der Waals surface area contributed by atoms with Gasteiger partial charge in [0.2, 0.25) is 0 Å². The van der Waals surface area contributed by atoms with Crippen molar-refractivity contribution in [1.82, 2.24) is 0 Å². The highest BCUT2D eigenvalue weighted by Crippen LogP contribution is 2.26. The van der Waals surface area contributed by atoms with Crippen LogP contribution in [0.1, 0.15) is 76.7 Å². The van der Waals surface area contributed by atoms with Crippen LogP contribution in [0.25, 0.3) is 10.8 Å². The number of rotatable bonds is 11. The van der Waals surface area contributed by atoms with Crippen molar-refractivity contribution in [2.75, 3.05) is 5.73 Å². The monoisotopic (exact) mass is 311 g/mol. The molecular formula is C22H33N. The van der Waals surface area contributed by atoms with E-state index in [2.05, 4.69) is 43.3 Å². The van der Waals surface area contributed by atoms with Crippen molar-refractivity contribution in [2.24, 2.45) is 0 Å². The van der Waals surface area contributed by atoms with Crippen molar-refractivity contribution in [1.29, 1.82) is 0 Å². The lowest BCUT2D eigenvalue weighted by Gasteiger charge is -2.10. The van der Waals surface area contributed by atoms with Crippen molar-refractivity contribution in [3.63, 3.8) is 0 Å². The van der Waals surface area contributed by atoms with E-state index in [1.54, 1.807) is 0 Å². The quantitative estimate of drug-likeness (QED) is 0.355. The minimum absolute atomic E-state index is 0.958. The third kappa shape index (κ3) is 5.89. The molecule has 1 heteroatoms. The van der Waals surface area contributed by atoms with Gasteiger partial charge >= 0.3 is 0 Å². The lowest BCUT2D eigenvalue weighted by atomic mass is 9.97. The topological polar surface area (TPSA) is 26.0 Å². The Morgan fingerprint density at radius 2 is 1.30 bits per heavy atom. The van der Waals surface area contributed by atoms with Crippen molar-refractivity contribution >= 4 is 16.5 Å². The van der Waals surface area contributed by atoms with Crippen molar-refractivity contribution in [3.05, 3.63) is 42.0 Å². The number of hydrogen-bond donors (Lipinski definition) is 1. The second kappa shape index (κ2) is 10.3. The number of unbranched alkanes of at least 4 members (excludes halogenated alkanes) is 9. The van der Waals surface area contributed by atoms with Gasteiger partial charge in [0, 0.05) is 5.69 Å². The van der Waals surface area contributed by atoms with Crippen LogP contribution < -0.4 is 5.73 Å². The molecule has 0 atom stereocenters. The minimum Gasteiger partial charge on any atom is -0.398 e. The summed E-state index contributed by atoms with van der Waals surface area (Å²) in [5.41, 5.74) is 8.51. The standard InChI is InChI=1S/C22H33N/c1-2-3-4-5-6-7-8-9-10-11-16-21-20-15-13-12-14-19(20)17-18-22(21)23/h12-15,17-18H,2-11,16,23H2,1H3. The number of nitrogen functional groups attached to an aromatic ring is 1. The minimum atomic E-state index is 0.958. The summed E-state index contributed by atoms with van der Waals surface area (Å²) >= 11 is 0. The lowest BCUT2D eigenvalue weighted by Crippen LogP contribution is -1.96. The zero-order valence-corrected chi connectivity index (χ0v) is 14.8. The maximum absolute atomic E-state index is 6.21. The molecule has 23 heavy (non-hydrogen) atoms. The number of hydrogen-bond acceptors (Lipinski definition) is 1. The van der Waals surface area contributed by atoms with Crippen LogP contribution in [0.2, 0.25) is 0 Å². The Labute approximate surface area is 142 Å². The summed E-state index contributed by atoms with van der Waals surface area (Å²) < 4.78 is 0. The molecule has 0 aliphatic heterocycles. The molecule has 0 heterocycles. The highest BCUT2D eigenvalue weighted by molar-refractivity contribution is 5.89. The van der Waals surface area contributed by atoms with E-state index < -0.39 is 0 Å². The Morgan fingerprint density at radius 3 is 2.00 bits per heavy atom. The summed E-state index contributed by atoms with van der Waals surface area (Å²) in [6, 6.07) is 12.8. The molecule has 0 aromatic heterocycles. The summed E-state index contributed by atoms with van der Waals surface area (Å²) in [6.45, 7) is 2.28. The predicted molar refractivity (Wildman–Crippen MR) is 104 cm³/mol. The molecule has 126 valence electrons. The van der Waals surface area contributed by atoms with Crippen LogP contribution in [0.5, 0.6) is 0 Å². The molecule has 2 N–H and O–H groups in total. The molecule has 2 aromatic carbocycles. The molecule has 0 saturated heterocycles. The first-order valence-corrected chi connectivity index (χ1v) is 9.59. The molecule has 0 radical (unpaired) electrons. The second-order valence-electron chi connectivity index (χ2n) is 6.79. The highest BCUT2D eigenvalue weighted by Gasteiger charge is 2.04. The van der Waals surface area contributed by atoms with Crippen LogP contribution >= 0.6 is 0 Å². The van der Waals surface area contributed by atoms with Gasteiger partial charge in [0.25, 0.3) is 0 Å². The molecule has 0 fully saturated rings. The average Bonchev–Trinajstić information content (AvgIpc) is 2.58. The fraction of sp³-hybridized carbons (Fsp3) is 0.545. The molecule has 0 spiro atoms. The van der Waals surface area contributed by atoms with E-state index in [-0.39, 0.29) is 0 Å². The fourth-order valence-corrected chi connectivity index (χ4v) is 3.42. The Hall–Kier alpha value is -1.50. The SMILES string of the molecule is CCCCCCCCCCCCc1c(N)ccc2ccccc12. The number of fused-ring (bicyclic) bond motifs is 1. The summed E-state index contributed by atoms with van der Waals surface area (Å²) in [5, 5.41) is 2.65. The molecule has 0 saturated carbocycles. The molecule has 0 bridgehead atoms. The maximum atomic E-state index is 6.21. The first kappa shape index (κ1) is 17.8. The number of aryl methyl sites for hydroxylation is 1. The Bertz CT molecular complexity index is 573. The third-order valence-electron chi connectivity index (χ3n) is 4.86. The summed E-state index contributed by atoms with van der Waals surface area (Å²) in [4.78, 5) is 0. The van der Waals surface area contributed by atoms with Gasteiger partial charge in [-0.1, -0.05) is 95.0 Å². The van der Waals surface area contributed by atoms with Gasteiger partial charge in [-0.05, 0) is 35.2 Å². The van der Waals surface area contributed by atoms with Crippen LogP contribution in [0.15, 0.2) is 36.4 Å². The fourth-order valence-electron chi connectivity index (χ4n) is 3.42. The van der Waals surface area contributed by atoms with Crippen molar-refractivity contribution in [3.8, 4) is 0 Å². The van der Waals surface area contributed by atoms with Gasteiger partial charge in [-0.2, -0.15) is 0 Å². The molecule has 2 rings (SSSR count). The van der Waals surface area contributed by atoms with Crippen molar-refractivity contribution in [2.45, 2.75) is 77.6 Å². The van der Waals surface area contributed by atoms with Crippen LogP contribution in [0, 0.1) is 0 Å². The van der Waals surface area contributed by atoms with Crippen LogP contribution in [0.3, 0.4) is 0 Å². The van der Waals surface area contributed by atoms with Gasteiger partial charge in [-0.3, -0.25) is 0 Å². The van der Waals surface area contributed by atoms with E-state index >= 15 is 0 Å². The normalized spacial score (nSPS) is 11.2. The number of anilines is 1. The Kier molecular flexibility index (Phi) is 8.00. The summed E-state index contributed by atoms with van der Waals surface area (Å²) in [5.74, 6) is 0. The zero-order valence-electron chi connectivity index (χ0n) is 14.8. The second-order valence-corrected chi connectivity index (χ2v) is 6.79. The lowest BCUT2D eigenvalue weighted by molar-refractivity contribution is 0.556. The molecule has 0 aliphatic rings. The van der Waals surface area contributed by atoms with Crippen LogP contribution in [-0.4, -0.2) is 0 Å².